The normalized spacial score (nSPS) is 16.4. The molecule has 0 aromatic carbocycles. The fraction of sp³-hybridized carbons (Fsp3) is 0.458. The van der Waals surface area contributed by atoms with Gasteiger partial charge in [-0.25, -0.2) is 4.68 Å². The molecule has 0 bridgehead atoms. The molecule has 1 fully saturated rings. The number of thiophene rings is 1. The number of anilines is 1. The Morgan fingerprint density at radius 1 is 1.12 bits per heavy atom. The summed E-state index contributed by atoms with van der Waals surface area (Å²) in [5, 5.41) is 18.3. The summed E-state index contributed by atoms with van der Waals surface area (Å²) in [5.41, 5.74) is 2.93. The molecule has 1 N–H and O–H groups in total. The summed E-state index contributed by atoms with van der Waals surface area (Å²) in [6.07, 6.45) is 5.67. The first-order valence-electron chi connectivity index (χ1n) is 11.7. The lowest BCUT2D eigenvalue weighted by molar-refractivity contribution is -0.125. The van der Waals surface area contributed by atoms with Crippen LogP contribution in [-0.4, -0.2) is 45.5 Å². The highest BCUT2D eigenvalue weighted by Gasteiger charge is 2.25. The van der Waals surface area contributed by atoms with Gasteiger partial charge >= 0.3 is 0 Å². The minimum Gasteiger partial charge on any atom is -0.355 e. The predicted octanol–water partition coefficient (Wildman–Crippen LogP) is 2.67. The maximum absolute atomic E-state index is 12.7. The summed E-state index contributed by atoms with van der Waals surface area (Å²) >= 11 is 1.65. The lowest BCUT2D eigenvalue weighted by Crippen LogP contribution is -2.42. The van der Waals surface area contributed by atoms with Crippen LogP contribution < -0.4 is 15.8 Å². The van der Waals surface area contributed by atoms with E-state index in [9.17, 15) is 9.59 Å². The van der Waals surface area contributed by atoms with Crippen LogP contribution in [0.5, 0.6) is 0 Å². The molecule has 2 aliphatic rings. The van der Waals surface area contributed by atoms with Crippen molar-refractivity contribution in [2.24, 2.45) is 5.92 Å². The maximum Gasteiger partial charge on any atom is 0.267 e. The second-order valence-corrected chi connectivity index (χ2v) is 9.64. The largest absolute Gasteiger partial charge is 0.355 e. The highest BCUT2D eigenvalue weighted by atomic mass is 32.1. The number of piperidine rings is 1. The van der Waals surface area contributed by atoms with Gasteiger partial charge in [0.2, 0.25) is 5.91 Å². The van der Waals surface area contributed by atoms with Gasteiger partial charge in [-0.2, -0.15) is 5.10 Å². The van der Waals surface area contributed by atoms with E-state index in [1.807, 2.05) is 29.6 Å². The smallest absolute Gasteiger partial charge is 0.267 e. The number of fused-ring (bicyclic) bond motifs is 1. The zero-order valence-corrected chi connectivity index (χ0v) is 19.4. The van der Waals surface area contributed by atoms with Gasteiger partial charge in [-0.05, 0) is 67.7 Å². The van der Waals surface area contributed by atoms with E-state index in [-0.39, 0.29) is 17.4 Å². The number of amides is 1. The summed E-state index contributed by atoms with van der Waals surface area (Å²) in [5.74, 6) is 0.889. The topological polar surface area (TPSA) is 93.0 Å². The number of nitrogens with zero attached hydrogens (tertiary/aromatic N) is 5. The monoisotopic (exact) mass is 464 g/mol. The number of hydrogen-bond donors (Lipinski definition) is 1. The molecule has 1 saturated heterocycles. The molecule has 5 rings (SSSR count). The van der Waals surface area contributed by atoms with Gasteiger partial charge in [0, 0.05) is 31.6 Å². The standard InChI is InChI=1S/C24H28N6O2S/c31-23-16-18-4-1-2-5-19(18)28-30(23)14-11-25-24(32)17-9-12-29(13-10-17)22-8-7-20(26-27-22)21-6-3-15-33-21/h3,6-8,15-17H,1-2,4-5,9-14H2,(H,25,32). The number of aromatic nitrogens is 4. The Balaban J connectivity index is 1.10. The molecule has 1 aliphatic heterocycles. The molecule has 0 radical (unpaired) electrons. The van der Waals surface area contributed by atoms with Gasteiger partial charge in [0.25, 0.3) is 5.56 Å². The second kappa shape index (κ2) is 9.82. The Hall–Kier alpha value is -3.07. The molecular formula is C24H28N6O2S. The SMILES string of the molecule is O=C(NCCn1nc2c(cc1=O)CCCC2)C1CCN(c2ccc(-c3cccs3)nn2)CC1. The van der Waals surface area contributed by atoms with Gasteiger partial charge in [0.15, 0.2) is 5.82 Å². The van der Waals surface area contributed by atoms with Crippen molar-refractivity contribution in [3.05, 3.63) is 57.3 Å². The van der Waals surface area contributed by atoms with Crippen molar-refractivity contribution >= 4 is 23.1 Å². The van der Waals surface area contributed by atoms with E-state index in [1.54, 1.807) is 17.4 Å². The van der Waals surface area contributed by atoms with Crippen molar-refractivity contribution in [2.75, 3.05) is 24.5 Å². The molecular weight excluding hydrogens is 436 g/mol. The van der Waals surface area contributed by atoms with Crippen molar-refractivity contribution in [3.63, 3.8) is 0 Å². The van der Waals surface area contributed by atoms with Crippen LogP contribution in [0.4, 0.5) is 5.82 Å². The van der Waals surface area contributed by atoms with Gasteiger partial charge in [-0.1, -0.05) is 6.07 Å². The summed E-state index contributed by atoms with van der Waals surface area (Å²) in [6, 6.07) is 9.77. The first kappa shape index (κ1) is 21.8. The van der Waals surface area contributed by atoms with E-state index in [2.05, 4.69) is 25.5 Å². The first-order chi connectivity index (χ1) is 16.2. The number of carbonyl (C=O) groups is 1. The molecule has 8 nitrogen and oxygen atoms in total. The summed E-state index contributed by atoms with van der Waals surface area (Å²) < 4.78 is 1.49. The van der Waals surface area contributed by atoms with Crippen molar-refractivity contribution in [1.29, 1.82) is 0 Å². The minimum atomic E-state index is -0.0792. The Labute approximate surface area is 196 Å². The van der Waals surface area contributed by atoms with E-state index in [0.717, 1.165) is 79.3 Å². The molecule has 33 heavy (non-hydrogen) atoms. The van der Waals surface area contributed by atoms with Gasteiger partial charge in [-0.15, -0.1) is 21.5 Å². The third-order valence-electron chi connectivity index (χ3n) is 6.51. The van der Waals surface area contributed by atoms with Crippen LogP contribution in [0.1, 0.15) is 36.9 Å². The van der Waals surface area contributed by atoms with Crippen LogP contribution in [0.15, 0.2) is 40.5 Å². The zero-order valence-electron chi connectivity index (χ0n) is 18.6. The molecule has 1 amide bonds. The van der Waals surface area contributed by atoms with Crippen LogP contribution in [0.25, 0.3) is 10.6 Å². The Bertz CT molecular complexity index is 1150. The van der Waals surface area contributed by atoms with E-state index in [0.29, 0.717) is 13.1 Å². The molecule has 3 aromatic heterocycles. The Morgan fingerprint density at radius 3 is 2.73 bits per heavy atom. The highest BCUT2D eigenvalue weighted by molar-refractivity contribution is 7.13. The van der Waals surface area contributed by atoms with Crippen molar-refractivity contribution < 1.29 is 4.79 Å². The maximum atomic E-state index is 12.7. The molecule has 172 valence electrons. The van der Waals surface area contributed by atoms with Crippen LogP contribution in [0, 0.1) is 5.92 Å². The second-order valence-electron chi connectivity index (χ2n) is 8.69. The summed E-state index contributed by atoms with van der Waals surface area (Å²) in [7, 11) is 0. The molecule has 3 aromatic rings. The van der Waals surface area contributed by atoms with Gasteiger partial charge in [0.1, 0.15) is 5.69 Å². The van der Waals surface area contributed by atoms with Crippen LogP contribution in [-0.2, 0) is 24.2 Å². The summed E-state index contributed by atoms with van der Waals surface area (Å²) in [6.45, 7) is 2.37. The molecule has 0 atom stereocenters. The predicted molar refractivity (Wildman–Crippen MR) is 128 cm³/mol. The van der Waals surface area contributed by atoms with Gasteiger partial charge in [-0.3, -0.25) is 9.59 Å². The fourth-order valence-electron chi connectivity index (χ4n) is 4.61. The zero-order chi connectivity index (χ0) is 22.6. The average Bonchev–Trinajstić information content (AvgIpc) is 3.40. The fourth-order valence-corrected chi connectivity index (χ4v) is 5.30. The van der Waals surface area contributed by atoms with Crippen molar-refractivity contribution in [3.8, 4) is 10.6 Å². The number of hydrogen-bond acceptors (Lipinski definition) is 7. The molecule has 0 saturated carbocycles. The third-order valence-corrected chi connectivity index (χ3v) is 7.40. The molecule has 0 unspecified atom stereocenters. The lowest BCUT2D eigenvalue weighted by Gasteiger charge is -2.31. The number of carbonyl (C=O) groups excluding carboxylic acids is 1. The highest BCUT2D eigenvalue weighted by Crippen LogP contribution is 2.25. The third kappa shape index (κ3) is 4.98. The van der Waals surface area contributed by atoms with Crippen LogP contribution >= 0.6 is 11.3 Å². The Morgan fingerprint density at radius 2 is 1.97 bits per heavy atom. The summed E-state index contributed by atoms with van der Waals surface area (Å²) in [4.78, 5) is 28.3. The number of nitrogens with one attached hydrogen (secondary N) is 1. The van der Waals surface area contributed by atoms with Crippen LogP contribution in [0.2, 0.25) is 0 Å². The van der Waals surface area contributed by atoms with E-state index >= 15 is 0 Å². The number of rotatable bonds is 6. The minimum absolute atomic E-state index is 0.0205. The van der Waals surface area contributed by atoms with E-state index < -0.39 is 0 Å². The van der Waals surface area contributed by atoms with E-state index in [4.69, 9.17) is 0 Å². The van der Waals surface area contributed by atoms with E-state index in [1.165, 1.54) is 4.68 Å². The first-order valence-corrected chi connectivity index (χ1v) is 12.6. The lowest BCUT2D eigenvalue weighted by atomic mass is 9.96. The van der Waals surface area contributed by atoms with Gasteiger partial charge < -0.3 is 10.2 Å². The van der Waals surface area contributed by atoms with Crippen LogP contribution in [0.3, 0.4) is 0 Å². The van der Waals surface area contributed by atoms with Crippen molar-refractivity contribution in [2.45, 2.75) is 45.1 Å². The van der Waals surface area contributed by atoms with Crippen molar-refractivity contribution in [1.82, 2.24) is 25.3 Å². The number of aryl methyl sites for hydroxylation is 2. The average molecular weight is 465 g/mol. The molecule has 0 spiro atoms. The Kier molecular flexibility index (Phi) is 6.48. The quantitative estimate of drug-likeness (QED) is 0.603. The molecule has 4 heterocycles. The molecule has 1 aliphatic carbocycles. The molecule has 9 heteroatoms. The van der Waals surface area contributed by atoms with Gasteiger partial charge in [0.05, 0.1) is 17.1 Å².